The molecule has 1 aliphatic carbocycles. The molecule has 0 radical (unpaired) electrons. The summed E-state index contributed by atoms with van der Waals surface area (Å²) in [4.78, 5) is 12.7. The number of sulfonamides is 1. The van der Waals surface area contributed by atoms with Crippen molar-refractivity contribution < 1.29 is 17.9 Å². The quantitative estimate of drug-likeness (QED) is 0.748. The largest absolute Gasteiger partial charge is 0.495 e. The van der Waals surface area contributed by atoms with Gasteiger partial charge in [-0.3, -0.25) is 9.89 Å². The number of aromatic nitrogens is 2. The Labute approximate surface area is 171 Å². The molecule has 1 aromatic carbocycles. The van der Waals surface area contributed by atoms with Crippen molar-refractivity contribution in [2.75, 3.05) is 21.2 Å². The SMILES string of the molecule is COc1ccc(-c2cc(C(=O)N[C@H]3CCCC[C@@H]3C)[nH]n2)cc1S(=O)(=O)N(C)C. The lowest BCUT2D eigenvalue weighted by molar-refractivity contribution is 0.0905. The second kappa shape index (κ2) is 8.54. The normalized spacial score (nSPS) is 19.9. The fourth-order valence-electron chi connectivity index (χ4n) is 3.60. The van der Waals surface area contributed by atoms with E-state index >= 15 is 0 Å². The van der Waals surface area contributed by atoms with E-state index in [1.54, 1.807) is 18.2 Å². The van der Waals surface area contributed by atoms with Crippen LogP contribution in [0.2, 0.25) is 0 Å². The lowest BCUT2D eigenvalue weighted by Crippen LogP contribution is -2.41. The number of rotatable bonds is 6. The third-order valence-corrected chi connectivity index (χ3v) is 7.30. The molecule has 29 heavy (non-hydrogen) atoms. The maximum atomic E-state index is 12.6. The van der Waals surface area contributed by atoms with Crippen LogP contribution in [0.15, 0.2) is 29.2 Å². The minimum atomic E-state index is -3.69. The standard InChI is InChI=1S/C20H28N4O4S/c1-13-7-5-6-8-15(13)21-20(25)17-12-16(22-23-17)14-9-10-18(28-4)19(11-14)29(26,27)24(2)3/h9-13,15H,5-8H2,1-4H3,(H,21,25)(H,22,23)/t13-,15-/m0/s1. The molecule has 1 fully saturated rings. The van der Waals surface area contributed by atoms with Crippen molar-refractivity contribution in [1.82, 2.24) is 19.8 Å². The number of H-pyrrole nitrogens is 1. The molecule has 1 saturated carbocycles. The summed E-state index contributed by atoms with van der Waals surface area (Å²) in [6.45, 7) is 2.16. The summed E-state index contributed by atoms with van der Waals surface area (Å²) in [6.07, 6.45) is 4.43. The predicted octanol–water partition coefficient (Wildman–Crippen LogP) is 2.64. The predicted molar refractivity (Wildman–Crippen MR) is 110 cm³/mol. The van der Waals surface area contributed by atoms with Crippen LogP contribution in [0, 0.1) is 5.92 Å². The van der Waals surface area contributed by atoms with Gasteiger partial charge in [0.15, 0.2) is 0 Å². The van der Waals surface area contributed by atoms with Gasteiger partial charge in [-0.1, -0.05) is 19.8 Å². The summed E-state index contributed by atoms with van der Waals surface area (Å²) in [7, 11) is 0.656. The van der Waals surface area contributed by atoms with Gasteiger partial charge in [0.2, 0.25) is 10.0 Å². The number of carbonyl (C=O) groups excluding carboxylic acids is 1. The van der Waals surface area contributed by atoms with Gasteiger partial charge in [0, 0.05) is 25.7 Å². The van der Waals surface area contributed by atoms with E-state index in [1.807, 2.05) is 0 Å². The van der Waals surface area contributed by atoms with Crippen molar-refractivity contribution in [1.29, 1.82) is 0 Å². The molecule has 0 spiro atoms. The van der Waals surface area contributed by atoms with Crippen LogP contribution in [0.3, 0.4) is 0 Å². The van der Waals surface area contributed by atoms with Crippen LogP contribution in [-0.2, 0) is 10.0 Å². The number of nitrogens with one attached hydrogen (secondary N) is 2. The molecule has 1 aromatic heterocycles. The van der Waals surface area contributed by atoms with Crippen LogP contribution in [0.5, 0.6) is 5.75 Å². The molecule has 0 aliphatic heterocycles. The highest BCUT2D eigenvalue weighted by Gasteiger charge is 2.25. The van der Waals surface area contributed by atoms with Gasteiger partial charge in [-0.05, 0) is 43.0 Å². The number of amides is 1. The average Bonchev–Trinajstić information content (AvgIpc) is 3.19. The van der Waals surface area contributed by atoms with Crippen LogP contribution >= 0.6 is 0 Å². The first-order chi connectivity index (χ1) is 13.7. The molecule has 2 aromatic rings. The first-order valence-electron chi connectivity index (χ1n) is 9.71. The molecular formula is C20H28N4O4S. The summed E-state index contributed by atoms with van der Waals surface area (Å²) in [5.41, 5.74) is 1.42. The van der Waals surface area contributed by atoms with Gasteiger partial charge >= 0.3 is 0 Å². The fourth-order valence-corrected chi connectivity index (χ4v) is 4.67. The van der Waals surface area contributed by atoms with E-state index in [9.17, 15) is 13.2 Å². The summed E-state index contributed by atoms with van der Waals surface area (Å²) in [5, 5.41) is 10.1. The lowest BCUT2D eigenvalue weighted by atomic mass is 9.86. The second-order valence-electron chi connectivity index (χ2n) is 7.66. The third-order valence-electron chi connectivity index (χ3n) is 5.47. The van der Waals surface area contributed by atoms with Gasteiger partial charge in [0.05, 0.1) is 12.8 Å². The monoisotopic (exact) mass is 420 g/mol. The molecule has 2 atom stereocenters. The first-order valence-corrected chi connectivity index (χ1v) is 11.1. The van der Waals surface area contributed by atoms with Crippen LogP contribution in [0.4, 0.5) is 0 Å². The van der Waals surface area contributed by atoms with Gasteiger partial charge < -0.3 is 10.1 Å². The van der Waals surface area contributed by atoms with Crippen molar-refractivity contribution >= 4 is 15.9 Å². The number of ether oxygens (including phenoxy) is 1. The van der Waals surface area contributed by atoms with Crippen molar-refractivity contribution in [3.05, 3.63) is 30.0 Å². The Kier molecular flexibility index (Phi) is 6.28. The topological polar surface area (TPSA) is 104 Å². The zero-order chi connectivity index (χ0) is 21.2. The minimum absolute atomic E-state index is 0.0486. The van der Waals surface area contributed by atoms with E-state index < -0.39 is 10.0 Å². The number of benzene rings is 1. The van der Waals surface area contributed by atoms with Gasteiger partial charge in [-0.2, -0.15) is 5.10 Å². The Bertz CT molecular complexity index is 984. The molecule has 0 saturated heterocycles. The average molecular weight is 421 g/mol. The second-order valence-corrected chi connectivity index (χ2v) is 9.78. The molecule has 3 rings (SSSR count). The molecule has 158 valence electrons. The van der Waals surface area contributed by atoms with E-state index in [0.29, 0.717) is 22.9 Å². The van der Waals surface area contributed by atoms with Crippen molar-refractivity contribution in [3.63, 3.8) is 0 Å². The highest BCUT2D eigenvalue weighted by atomic mass is 32.2. The van der Waals surface area contributed by atoms with Crippen LogP contribution in [0.25, 0.3) is 11.3 Å². The lowest BCUT2D eigenvalue weighted by Gasteiger charge is -2.29. The first kappa shape index (κ1) is 21.3. The zero-order valence-corrected chi connectivity index (χ0v) is 18.0. The van der Waals surface area contributed by atoms with Crippen LogP contribution in [-0.4, -0.2) is 56.1 Å². The summed E-state index contributed by atoms with van der Waals surface area (Å²) in [5.74, 6) is 0.509. The molecular weight excluding hydrogens is 392 g/mol. The Morgan fingerprint density at radius 1 is 1.24 bits per heavy atom. The van der Waals surface area contributed by atoms with Gasteiger partial charge in [0.25, 0.3) is 5.91 Å². The molecule has 0 unspecified atom stereocenters. The Morgan fingerprint density at radius 3 is 2.62 bits per heavy atom. The van der Waals surface area contributed by atoms with Gasteiger partial charge in [-0.15, -0.1) is 0 Å². The maximum absolute atomic E-state index is 12.6. The molecule has 9 heteroatoms. The third kappa shape index (κ3) is 4.45. The van der Waals surface area contributed by atoms with Crippen molar-refractivity contribution in [2.24, 2.45) is 5.92 Å². The summed E-state index contributed by atoms with van der Waals surface area (Å²) >= 11 is 0. The number of hydrogen-bond donors (Lipinski definition) is 2. The number of carbonyl (C=O) groups is 1. The molecule has 0 bridgehead atoms. The van der Waals surface area contributed by atoms with Crippen LogP contribution in [0.1, 0.15) is 43.1 Å². The van der Waals surface area contributed by atoms with Gasteiger partial charge in [0.1, 0.15) is 16.3 Å². The van der Waals surface area contributed by atoms with Crippen LogP contribution < -0.4 is 10.1 Å². The number of aromatic amines is 1. The molecule has 8 nitrogen and oxygen atoms in total. The highest BCUT2D eigenvalue weighted by molar-refractivity contribution is 7.89. The minimum Gasteiger partial charge on any atom is -0.495 e. The van der Waals surface area contributed by atoms with Crippen molar-refractivity contribution in [3.8, 4) is 17.0 Å². The molecule has 2 N–H and O–H groups in total. The van der Waals surface area contributed by atoms with E-state index in [4.69, 9.17) is 4.74 Å². The summed E-state index contributed by atoms with van der Waals surface area (Å²) < 4.78 is 31.6. The number of methoxy groups -OCH3 is 1. The maximum Gasteiger partial charge on any atom is 0.269 e. The van der Waals surface area contributed by atoms with E-state index in [-0.39, 0.29) is 22.6 Å². The Morgan fingerprint density at radius 2 is 1.97 bits per heavy atom. The van der Waals surface area contributed by atoms with E-state index in [1.165, 1.54) is 33.7 Å². The molecule has 1 amide bonds. The van der Waals surface area contributed by atoms with E-state index in [2.05, 4.69) is 22.4 Å². The number of hydrogen-bond acceptors (Lipinski definition) is 5. The Balaban J connectivity index is 1.85. The molecule has 1 aliphatic rings. The van der Waals surface area contributed by atoms with E-state index in [0.717, 1.165) is 23.6 Å². The fraction of sp³-hybridized carbons (Fsp3) is 0.500. The summed E-state index contributed by atoms with van der Waals surface area (Å²) in [6, 6.07) is 6.62. The highest BCUT2D eigenvalue weighted by Crippen LogP contribution is 2.31. The number of nitrogens with zero attached hydrogens (tertiary/aromatic N) is 2. The smallest absolute Gasteiger partial charge is 0.269 e. The van der Waals surface area contributed by atoms with Gasteiger partial charge in [-0.25, -0.2) is 12.7 Å². The molecule has 1 heterocycles. The Hall–Kier alpha value is -2.39. The zero-order valence-electron chi connectivity index (χ0n) is 17.2. The van der Waals surface area contributed by atoms with Crippen molar-refractivity contribution in [2.45, 2.75) is 43.5 Å².